The number of aliphatic hydroxyl groups excluding tert-OH is 1. The largest absolute Gasteiger partial charge is 0.497 e. The van der Waals surface area contributed by atoms with Crippen molar-refractivity contribution in [2.75, 3.05) is 39.8 Å². The van der Waals surface area contributed by atoms with Crippen molar-refractivity contribution in [2.45, 2.75) is 18.9 Å². The van der Waals surface area contributed by atoms with Gasteiger partial charge in [0.1, 0.15) is 5.75 Å². The van der Waals surface area contributed by atoms with E-state index in [1.807, 2.05) is 18.2 Å². The van der Waals surface area contributed by atoms with E-state index >= 15 is 0 Å². The van der Waals surface area contributed by atoms with Crippen molar-refractivity contribution < 1.29 is 9.84 Å². The topological polar surface area (TPSA) is 44.7 Å². The molecule has 2 N–H and O–H groups in total. The zero-order valence-corrected chi connectivity index (χ0v) is 11.6. The molecule has 4 nitrogen and oxygen atoms in total. The number of rotatable bonds is 6. The van der Waals surface area contributed by atoms with Crippen molar-refractivity contribution in [2.24, 2.45) is 0 Å². The summed E-state index contributed by atoms with van der Waals surface area (Å²) >= 11 is 0. The first kappa shape index (κ1) is 14.3. The third-order valence-corrected chi connectivity index (χ3v) is 3.58. The van der Waals surface area contributed by atoms with Gasteiger partial charge in [-0.05, 0) is 30.5 Å². The first-order valence-electron chi connectivity index (χ1n) is 7.02. The van der Waals surface area contributed by atoms with E-state index in [2.05, 4.69) is 16.3 Å². The number of nitrogens with one attached hydrogen (secondary N) is 1. The third-order valence-electron chi connectivity index (χ3n) is 3.58. The van der Waals surface area contributed by atoms with Crippen LogP contribution in [0.15, 0.2) is 24.3 Å². The summed E-state index contributed by atoms with van der Waals surface area (Å²) in [4.78, 5) is 2.33. The fourth-order valence-corrected chi connectivity index (χ4v) is 2.44. The Morgan fingerprint density at radius 2 is 2.16 bits per heavy atom. The number of hydrogen-bond acceptors (Lipinski definition) is 4. The van der Waals surface area contributed by atoms with Gasteiger partial charge in [-0.1, -0.05) is 12.1 Å². The molecule has 1 atom stereocenters. The van der Waals surface area contributed by atoms with Crippen molar-refractivity contribution in [1.29, 1.82) is 0 Å². The Morgan fingerprint density at radius 3 is 2.89 bits per heavy atom. The van der Waals surface area contributed by atoms with Crippen LogP contribution < -0.4 is 10.1 Å². The van der Waals surface area contributed by atoms with E-state index in [-0.39, 0.29) is 6.10 Å². The van der Waals surface area contributed by atoms with E-state index in [0.29, 0.717) is 0 Å². The Balaban J connectivity index is 1.74. The van der Waals surface area contributed by atoms with E-state index in [1.54, 1.807) is 7.11 Å². The van der Waals surface area contributed by atoms with Crippen LogP contribution in [-0.4, -0.2) is 55.9 Å². The maximum absolute atomic E-state index is 10.1. The number of benzene rings is 1. The van der Waals surface area contributed by atoms with E-state index < -0.39 is 0 Å². The molecule has 0 saturated carbocycles. The van der Waals surface area contributed by atoms with Crippen LogP contribution >= 0.6 is 0 Å². The lowest BCUT2D eigenvalue weighted by Crippen LogP contribution is -2.46. The predicted octanol–water partition coefficient (Wildman–Crippen LogP) is 0.894. The molecule has 0 amide bonds. The molecule has 0 radical (unpaired) electrons. The Bertz CT molecular complexity index is 378. The molecular formula is C15H24N2O2. The smallest absolute Gasteiger partial charge is 0.119 e. The molecule has 4 heteroatoms. The highest BCUT2D eigenvalue weighted by atomic mass is 16.5. The summed E-state index contributed by atoms with van der Waals surface area (Å²) in [6.45, 7) is 4.92. The van der Waals surface area contributed by atoms with Crippen LogP contribution in [0.4, 0.5) is 0 Å². The monoisotopic (exact) mass is 264 g/mol. The second-order valence-corrected chi connectivity index (χ2v) is 5.09. The molecule has 106 valence electrons. The van der Waals surface area contributed by atoms with Crippen LogP contribution in [-0.2, 0) is 6.42 Å². The summed E-state index contributed by atoms with van der Waals surface area (Å²) in [5, 5.41) is 13.4. The van der Waals surface area contributed by atoms with Crippen LogP contribution in [0.25, 0.3) is 0 Å². The molecule has 0 spiro atoms. The molecule has 1 aliphatic rings. The molecule has 1 aromatic carbocycles. The molecule has 0 aromatic heterocycles. The van der Waals surface area contributed by atoms with E-state index in [4.69, 9.17) is 4.74 Å². The maximum Gasteiger partial charge on any atom is 0.119 e. The van der Waals surface area contributed by atoms with Gasteiger partial charge in [0, 0.05) is 32.7 Å². The minimum Gasteiger partial charge on any atom is -0.497 e. The summed E-state index contributed by atoms with van der Waals surface area (Å²) in [7, 11) is 1.68. The van der Waals surface area contributed by atoms with Crippen molar-refractivity contribution in [3.05, 3.63) is 29.8 Å². The molecule has 1 fully saturated rings. The Morgan fingerprint density at radius 1 is 1.37 bits per heavy atom. The average Bonchev–Trinajstić information content (AvgIpc) is 2.46. The fourth-order valence-electron chi connectivity index (χ4n) is 2.44. The number of hydrogen-bond donors (Lipinski definition) is 2. The quantitative estimate of drug-likeness (QED) is 0.801. The summed E-state index contributed by atoms with van der Waals surface area (Å²) in [5.41, 5.74) is 1.22. The average molecular weight is 264 g/mol. The molecule has 2 rings (SSSR count). The molecule has 0 aliphatic carbocycles. The van der Waals surface area contributed by atoms with Crippen molar-refractivity contribution >= 4 is 0 Å². The van der Waals surface area contributed by atoms with Crippen LogP contribution in [0.1, 0.15) is 12.0 Å². The Kier molecular flexibility index (Phi) is 5.63. The summed E-state index contributed by atoms with van der Waals surface area (Å²) < 4.78 is 5.21. The third kappa shape index (κ3) is 4.82. The number of piperazine rings is 1. The number of β-amino-alcohol motifs (C(OH)–C–C–N with tert-alkyl or cyclic N) is 1. The van der Waals surface area contributed by atoms with Gasteiger partial charge in [0.05, 0.1) is 13.2 Å². The number of nitrogens with zero attached hydrogens (tertiary/aromatic N) is 1. The molecule has 0 bridgehead atoms. The van der Waals surface area contributed by atoms with E-state index in [9.17, 15) is 5.11 Å². The van der Waals surface area contributed by atoms with Gasteiger partial charge in [0.15, 0.2) is 0 Å². The van der Waals surface area contributed by atoms with Gasteiger partial charge >= 0.3 is 0 Å². The molecule has 1 heterocycles. The number of methoxy groups -OCH3 is 1. The van der Waals surface area contributed by atoms with Crippen molar-refractivity contribution in [1.82, 2.24) is 10.2 Å². The van der Waals surface area contributed by atoms with Gasteiger partial charge in [-0.2, -0.15) is 0 Å². The van der Waals surface area contributed by atoms with Gasteiger partial charge in [-0.15, -0.1) is 0 Å². The van der Waals surface area contributed by atoms with Gasteiger partial charge in [-0.3, -0.25) is 4.90 Å². The van der Waals surface area contributed by atoms with Gasteiger partial charge in [0.25, 0.3) is 0 Å². The Labute approximate surface area is 115 Å². The first-order valence-corrected chi connectivity index (χ1v) is 7.02. The van der Waals surface area contributed by atoms with Crippen LogP contribution in [0.2, 0.25) is 0 Å². The lowest BCUT2D eigenvalue weighted by atomic mass is 10.1. The summed E-state index contributed by atoms with van der Waals surface area (Å²) in [6, 6.07) is 8.06. The van der Waals surface area contributed by atoms with Crippen LogP contribution in [0, 0.1) is 0 Å². The highest BCUT2D eigenvalue weighted by molar-refractivity contribution is 5.28. The number of aliphatic hydroxyl groups is 1. The van der Waals surface area contributed by atoms with E-state index in [1.165, 1.54) is 5.56 Å². The van der Waals surface area contributed by atoms with Gasteiger partial charge < -0.3 is 15.2 Å². The SMILES string of the molecule is COc1cccc(CCC(O)CN2CCNCC2)c1. The molecular weight excluding hydrogens is 240 g/mol. The maximum atomic E-state index is 10.1. The van der Waals surface area contributed by atoms with Crippen molar-refractivity contribution in [3.8, 4) is 5.75 Å². The normalized spacial score (nSPS) is 18.2. The van der Waals surface area contributed by atoms with Gasteiger partial charge in [0.2, 0.25) is 0 Å². The zero-order valence-electron chi connectivity index (χ0n) is 11.6. The molecule has 19 heavy (non-hydrogen) atoms. The minimum absolute atomic E-state index is 0.246. The fraction of sp³-hybridized carbons (Fsp3) is 0.600. The van der Waals surface area contributed by atoms with Gasteiger partial charge in [-0.25, -0.2) is 0 Å². The molecule has 1 aromatic rings. The first-order chi connectivity index (χ1) is 9.28. The second-order valence-electron chi connectivity index (χ2n) is 5.09. The summed E-state index contributed by atoms with van der Waals surface area (Å²) in [5.74, 6) is 0.883. The zero-order chi connectivity index (χ0) is 13.5. The highest BCUT2D eigenvalue weighted by Crippen LogP contribution is 2.14. The summed E-state index contributed by atoms with van der Waals surface area (Å²) in [6.07, 6.45) is 1.45. The minimum atomic E-state index is -0.246. The molecule has 1 aliphatic heterocycles. The van der Waals surface area contributed by atoms with E-state index in [0.717, 1.165) is 51.3 Å². The lowest BCUT2D eigenvalue weighted by molar-refractivity contribution is 0.0987. The lowest BCUT2D eigenvalue weighted by Gasteiger charge is -2.29. The Hall–Kier alpha value is -1.10. The molecule has 1 saturated heterocycles. The van der Waals surface area contributed by atoms with Crippen molar-refractivity contribution in [3.63, 3.8) is 0 Å². The standard InChI is InChI=1S/C15H24N2O2/c1-19-15-4-2-3-13(11-15)5-6-14(18)12-17-9-7-16-8-10-17/h2-4,11,14,16,18H,5-10,12H2,1H3. The highest BCUT2D eigenvalue weighted by Gasteiger charge is 2.14. The van der Waals surface area contributed by atoms with Crippen LogP contribution in [0.5, 0.6) is 5.75 Å². The number of aryl methyl sites for hydroxylation is 1. The number of ether oxygens (including phenoxy) is 1. The second kappa shape index (κ2) is 7.48. The molecule has 1 unspecified atom stereocenters. The van der Waals surface area contributed by atoms with Crippen LogP contribution in [0.3, 0.4) is 0 Å². The predicted molar refractivity (Wildman–Crippen MR) is 76.6 cm³/mol.